The van der Waals surface area contributed by atoms with Crippen molar-refractivity contribution in [3.8, 4) is 5.75 Å². The lowest BCUT2D eigenvalue weighted by Crippen LogP contribution is -2.31. The van der Waals surface area contributed by atoms with Gasteiger partial charge in [0.2, 0.25) is 0 Å². The van der Waals surface area contributed by atoms with Gasteiger partial charge in [-0.1, -0.05) is 24.3 Å². The third kappa shape index (κ3) is 5.33. The summed E-state index contributed by atoms with van der Waals surface area (Å²) in [6.45, 7) is 5.05. The zero-order valence-corrected chi connectivity index (χ0v) is 16.3. The van der Waals surface area contributed by atoms with Crippen LogP contribution < -0.4 is 15.4 Å². The summed E-state index contributed by atoms with van der Waals surface area (Å²) in [7, 11) is 0. The highest BCUT2D eigenvalue weighted by Crippen LogP contribution is 2.22. The van der Waals surface area contributed by atoms with Crippen LogP contribution in [-0.2, 0) is 9.53 Å². The number of carbonyl (C=O) groups excluding carboxylic acids is 2. The lowest BCUT2D eigenvalue weighted by atomic mass is 10.1. The SMILES string of the molecule is Cc1cccc(C)c1OCC(=O)Nc1cccc(C(=O)NCC2CCCO2)c1. The Morgan fingerprint density at radius 1 is 1.14 bits per heavy atom. The molecule has 0 saturated carbocycles. The Labute approximate surface area is 165 Å². The van der Waals surface area contributed by atoms with E-state index < -0.39 is 0 Å². The molecule has 1 atom stereocenters. The van der Waals surface area contributed by atoms with Crippen LogP contribution in [0.15, 0.2) is 42.5 Å². The molecular formula is C22H26N2O4. The third-order valence-corrected chi connectivity index (χ3v) is 4.68. The Hall–Kier alpha value is -2.86. The molecule has 1 aliphatic rings. The molecule has 1 heterocycles. The van der Waals surface area contributed by atoms with Crippen LogP contribution in [0, 0.1) is 13.8 Å². The van der Waals surface area contributed by atoms with Crippen molar-refractivity contribution in [1.29, 1.82) is 0 Å². The van der Waals surface area contributed by atoms with Crippen LogP contribution in [0.1, 0.15) is 34.3 Å². The van der Waals surface area contributed by atoms with Crippen LogP contribution in [0.2, 0.25) is 0 Å². The lowest BCUT2D eigenvalue weighted by molar-refractivity contribution is -0.118. The Kier molecular flexibility index (Phi) is 6.66. The van der Waals surface area contributed by atoms with Crippen LogP contribution >= 0.6 is 0 Å². The number of anilines is 1. The third-order valence-electron chi connectivity index (χ3n) is 4.68. The molecule has 1 saturated heterocycles. The number of amides is 2. The van der Waals surface area contributed by atoms with Gasteiger partial charge in [-0.05, 0) is 56.0 Å². The molecule has 0 spiro atoms. The Balaban J connectivity index is 1.53. The van der Waals surface area contributed by atoms with Gasteiger partial charge in [-0.3, -0.25) is 9.59 Å². The number of benzene rings is 2. The standard InChI is InChI=1S/C22H26N2O4/c1-15-6-3-7-16(2)21(15)28-14-20(25)24-18-9-4-8-17(12-18)22(26)23-13-19-10-5-11-27-19/h3-4,6-9,12,19H,5,10-11,13-14H2,1-2H3,(H,23,26)(H,24,25). The topological polar surface area (TPSA) is 76.7 Å². The van der Waals surface area contributed by atoms with E-state index >= 15 is 0 Å². The van der Waals surface area contributed by atoms with E-state index in [1.807, 2.05) is 32.0 Å². The van der Waals surface area contributed by atoms with E-state index in [0.717, 1.165) is 36.3 Å². The predicted octanol–water partition coefficient (Wildman–Crippen LogP) is 3.23. The Morgan fingerprint density at radius 2 is 1.89 bits per heavy atom. The minimum Gasteiger partial charge on any atom is -0.483 e. The average molecular weight is 382 g/mol. The molecule has 1 unspecified atom stereocenters. The molecule has 148 valence electrons. The maximum Gasteiger partial charge on any atom is 0.262 e. The number of para-hydroxylation sites is 1. The van der Waals surface area contributed by atoms with Gasteiger partial charge in [-0.25, -0.2) is 0 Å². The maximum atomic E-state index is 12.3. The Morgan fingerprint density at radius 3 is 2.61 bits per heavy atom. The van der Waals surface area contributed by atoms with E-state index in [4.69, 9.17) is 9.47 Å². The second-order valence-electron chi connectivity index (χ2n) is 6.98. The predicted molar refractivity (Wildman–Crippen MR) is 108 cm³/mol. The number of carbonyl (C=O) groups is 2. The lowest BCUT2D eigenvalue weighted by Gasteiger charge is -2.13. The van der Waals surface area contributed by atoms with Gasteiger partial charge in [0.15, 0.2) is 6.61 Å². The molecule has 28 heavy (non-hydrogen) atoms. The van der Waals surface area contributed by atoms with Crippen molar-refractivity contribution in [3.05, 3.63) is 59.2 Å². The van der Waals surface area contributed by atoms with Crippen LogP contribution in [0.4, 0.5) is 5.69 Å². The number of hydrogen-bond donors (Lipinski definition) is 2. The number of ether oxygens (including phenoxy) is 2. The summed E-state index contributed by atoms with van der Waals surface area (Å²) >= 11 is 0. The smallest absolute Gasteiger partial charge is 0.262 e. The van der Waals surface area contributed by atoms with Crippen molar-refractivity contribution in [2.24, 2.45) is 0 Å². The van der Waals surface area contributed by atoms with Gasteiger partial charge in [0.05, 0.1) is 6.10 Å². The highest BCUT2D eigenvalue weighted by Gasteiger charge is 2.17. The van der Waals surface area contributed by atoms with E-state index in [0.29, 0.717) is 17.8 Å². The van der Waals surface area contributed by atoms with Gasteiger partial charge in [0.1, 0.15) is 5.75 Å². The fourth-order valence-electron chi connectivity index (χ4n) is 3.21. The summed E-state index contributed by atoms with van der Waals surface area (Å²) in [5.41, 5.74) is 3.02. The van der Waals surface area contributed by atoms with Gasteiger partial charge in [0.25, 0.3) is 11.8 Å². The van der Waals surface area contributed by atoms with Gasteiger partial charge in [0, 0.05) is 24.4 Å². The van der Waals surface area contributed by atoms with Crippen LogP contribution in [0.5, 0.6) is 5.75 Å². The second-order valence-corrected chi connectivity index (χ2v) is 6.98. The fraction of sp³-hybridized carbons (Fsp3) is 0.364. The molecule has 2 aromatic carbocycles. The monoisotopic (exact) mass is 382 g/mol. The molecule has 1 aliphatic heterocycles. The summed E-state index contributed by atoms with van der Waals surface area (Å²) in [4.78, 5) is 24.6. The Bertz CT molecular complexity index is 824. The molecule has 1 fully saturated rings. The van der Waals surface area contributed by atoms with E-state index in [-0.39, 0.29) is 24.5 Å². The van der Waals surface area contributed by atoms with Crippen molar-refractivity contribution >= 4 is 17.5 Å². The van der Waals surface area contributed by atoms with Gasteiger partial charge < -0.3 is 20.1 Å². The molecule has 2 aromatic rings. The molecule has 6 nitrogen and oxygen atoms in total. The number of rotatable bonds is 7. The second kappa shape index (κ2) is 9.37. The number of hydrogen-bond acceptors (Lipinski definition) is 4. The summed E-state index contributed by atoms with van der Waals surface area (Å²) in [5, 5.41) is 5.65. The molecule has 6 heteroatoms. The minimum atomic E-state index is -0.278. The molecular weight excluding hydrogens is 356 g/mol. The van der Waals surface area contributed by atoms with E-state index in [1.165, 1.54) is 0 Å². The van der Waals surface area contributed by atoms with Crippen LogP contribution in [0.3, 0.4) is 0 Å². The largest absolute Gasteiger partial charge is 0.483 e. The van der Waals surface area contributed by atoms with Crippen LogP contribution in [0.25, 0.3) is 0 Å². The first-order chi connectivity index (χ1) is 13.5. The zero-order chi connectivity index (χ0) is 19.9. The van der Waals surface area contributed by atoms with Gasteiger partial charge >= 0.3 is 0 Å². The molecule has 0 bridgehead atoms. The van der Waals surface area contributed by atoms with E-state index in [2.05, 4.69) is 10.6 Å². The van der Waals surface area contributed by atoms with E-state index in [1.54, 1.807) is 24.3 Å². The fourth-order valence-corrected chi connectivity index (χ4v) is 3.21. The van der Waals surface area contributed by atoms with Crippen molar-refractivity contribution < 1.29 is 19.1 Å². The summed E-state index contributed by atoms with van der Waals surface area (Å²) in [6, 6.07) is 12.7. The molecule has 3 rings (SSSR count). The van der Waals surface area contributed by atoms with E-state index in [9.17, 15) is 9.59 Å². The highest BCUT2D eigenvalue weighted by molar-refractivity contribution is 5.97. The maximum absolute atomic E-state index is 12.3. The molecule has 0 aliphatic carbocycles. The van der Waals surface area contributed by atoms with Crippen molar-refractivity contribution in [2.45, 2.75) is 32.8 Å². The first-order valence-electron chi connectivity index (χ1n) is 9.51. The van der Waals surface area contributed by atoms with Gasteiger partial charge in [-0.15, -0.1) is 0 Å². The molecule has 0 aromatic heterocycles. The molecule has 0 radical (unpaired) electrons. The van der Waals surface area contributed by atoms with Crippen molar-refractivity contribution in [2.75, 3.05) is 25.1 Å². The molecule has 2 N–H and O–H groups in total. The first kappa shape index (κ1) is 19.9. The quantitative estimate of drug-likeness (QED) is 0.771. The summed E-state index contributed by atoms with van der Waals surface area (Å²) < 4.78 is 11.2. The zero-order valence-electron chi connectivity index (χ0n) is 16.3. The van der Waals surface area contributed by atoms with Crippen LogP contribution in [-0.4, -0.2) is 37.7 Å². The molecule has 2 amide bonds. The number of nitrogens with one attached hydrogen (secondary N) is 2. The summed E-state index contributed by atoms with van der Waals surface area (Å²) in [5.74, 6) is 0.262. The highest BCUT2D eigenvalue weighted by atomic mass is 16.5. The first-order valence-corrected chi connectivity index (χ1v) is 9.51. The van der Waals surface area contributed by atoms with Crippen molar-refractivity contribution in [3.63, 3.8) is 0 Å². The normalized spacial score (nSPS) is 15.9. The number of aryl methyl sites for hydroxylation is 2. The van der Waals surface area contributed by atoms with Crippen molar-refractivity contribution in [1.82, 2.24) is 5.32 Å². The minimum absolute atomic E-state index is 0.0916. The summed E-state index contributed by atoms with van der Waals surface area (Å²) in [6.07, 6.45) is 2.09. The average Bonchev–Trinajstić information content (AvgIpc) is 3.19. The van der Waals surface area contributed by atoms with Gasteiger partial charge in [-0.2, -0.15) is 0 Å².